The Morgan fingerprint density at radius 1 is 1.20 bits per heavy atom. The highest BCUT2D eigenvalue weighted by Gasteiger charge is 2.30. The number of pyridine rings is 1. The molecule has 1 unspecified atom stereocenters. The lowest BCUT2D eigenvalue weighted by molar-refractivity contribution is -0.133. The minimum Gasteiger partial charge on any atom is -0.365 e. The first-order valence-electron chi connectivity index (χ1n) is 10.2. The molecule has 30 heavy (non-hydrogen) atoms. The zero-order valence-electron chi connectivity index (χ0n) is 16.9. The Bertz CT molecular complexity index is 1050. The lowest BCUT2D eigenvalue weighted by Crippen LogP contribution is -2.42. The van der Waals surface area contributed by atoms with Crippen molar-refractivity contribution in [1.82, 2.24) is 14.4 Å². The maximum Gasteiger partial charge on any atom is 0.268 e. The number of hydrogen-bond acceptors (Lipinski definition) is 4. The second-order valence-corrected chi connectivity index (χ2v) is 8.07. The molecule has 1 saturated heterocycles. The van der Waals surface area contributed by atoms with Crippen LogP contribution in [0.25, 0.3) is 5.69 Å². The van der Waals surface area contributed by atoms with Gasteiger partial charge in [-0.3, -0.25) is 19.0 Å². The standard InChI is InChI=1S/C22H25FN4O3/c1-25-9-2-3-17(25)11-19(28)26-10-8-18-14(12-26)13-27(22(30)20(18)21(24)29)16-6-4-15(23)5-7-16/h4-7,13,17H,2-3,8-12H2,1H3,(H2,24,29). The Labute approximate surface area is 173 Å². The topological polar surface area (TPSA) is 88.6 Å². The fourth-order valence-electron chi connectivity index (χ4n) is 4.48. The van der Waals surface area contributed by atoms with Crippen LogP contribution >= 0.6 is 0 Å². The summed E-state index contributed by atoms with van der Waals surface area (Å²) in [6.45, 7) is 1.77. The third-order valence-corrected chi connectivity index (χ3v) is 6.19. The molecule has 2 aliphatic heterocycles. The van der Waals surface area contributed by atoms with Gasteiger partial charge < -0.3 is 15.5 Å². The Balaban J connectivity index is 1.67. The number of fused-ring (bicyclic) bond motifs is 1. The Hall–Kier alpha value is -3.00. The molecule has 0 spiro atoms. The number of rotatable bonds is 4. The van der Waals surface area contributed by atoms with E-state index in [1.54, 1.807) is 11.1 Å². The van der Waals surface area contributed by atoms with E-state index >= 15 is 0 Å². The first-order valence-corrected chi connectivity index (χ1v) is 10.2. The third kappa shape index (κ3) is 3.75. The van der Waals surface area contributed by atoms with Gasteiger partial charge in [-0.25, -0.2) is 4.39 Å². The molecule has 0 saturated carbocycles. The molecular formula is C22H25FN4O3. The Morgan fingerprint density at radius 2 is 1.93 bits per heavy atom. The fraction of sp³-hybridized carbons (Fsp3) is 0.409. The molecule has 0 aliphatic carbocycles. The predicted octanol–water partition coefficient (Wildman–Crippen LogP) is 1.44. The van der Waals surface area contributed by atoms with Gasteiger partial charge >= 0.3 is 0 Å². The smallest absolute Gasteiger partial charge is 0.268 e. The van der Waals surface area contributed by atoms with Crippen LogP contribution in [0.4, 0.5) is 4.39 Å². The van der Waals surface area contributed by atoms with Gasteiger partial charge in [-0.2, -0.15) is 0 Å². The Morgan fingerprint density at radius 3 is 2.57 bits per heavy atom. The molecule has 4 rings (SSSR count). The normalized spacial score (nSPS) is 19.0. The maximum absolute atomic E-state index is 13.3. The lowest BCUT2D eigenvalue weighted by Gasteiger charge is -2.31. The predicted molar refractivity (Wildman–Crippen MR) is 110 cm³/mol. The summed E-state index contributed by atoms with van der Waals surface area (Å²) in [4.78, 5) is 41.9. The monoisotopic (exact) mass is 412 g/mol. The fourth-order valence-corrected chi connectivity index (χ4v) is 4.48. The minimum atomic E-state index is -0.792. The average molecular weight is 412 g/mol. The summed E-state index contributed by atoms with van der Waals surface area (Å²) >= 11 is 0. The molecule has 2 aliphatic rings. The van der Waals surface area contributed by atoms with Crippen molar-refractivity contribution in [3.63, 3.8) is 0 Å². The highest BCUT2D eigenvalue weighted by Crippen LogP contribution is 2.24. The number of aromatic nitrogens is 1. The van der Waals surface area contributed by atoms with Crippen LogP contribution in [0.5, 0.6) is 0 Å². The number of carbonyl (C=O) groups is 2. The number of nitrogens with zero attached hydrogens (tertiary/aromatic N) is 3. The molecule has 8 heteroatoms. The number of amides is 2. The van der Waals surface area contributed by atoms with Crippen LogP contribution in [-0.2, 0) is 17.8 Å². The van der Waals surface area contributed by atoms with Crippen molar-refractivity contribution in [3.8, 4) is 5.69 Å². The molecule has 7 nitrogen and oxygen atoms in total. The van der Waals surface area contributed by atoms with Crippen LogP contribution in [-0.4, -0.2) is 52.4 Å². The zero-order valence-corrected chi connectivity index (χ0v) is 16.9. The van der Waals surface area contributed by atoms with Crippen LogP contribution in [0.1, 0.15) is 40.7 Å². The third-order valence-electron chi connectivity index (χ3n) is 6.19. The van der Waals surface area contributed by atoms with Crippen LogP contribution in [0, 0.1) is 5.82 Å². The van der Waals surface area contributed by atoms with Gasteiger partial charge in [0.25, 0.3) is 11.5 Å². The summed E-state index contributed by atoms with van der Waals surface area (Å²) in [5.74, 6) is -1.15. The summed E-state index contributed by atoms with van der Waals surface area (Å²) in [5, 5.41) is 0. The number of benzene rings is 1. The van der Waals surface area contributed by atoms with Crippen LogP contribution < -0.4 is 11.3 Å². The quantitative estimate of drug-likeness (QED) is 0.823. The molecule has 0 bridgehead atoms. The molecule has 158 valence electrons. The van der Waals surface area contributed by atoms with Crippen LogP contribution in [0.15, 0.2) is 35.3 Å². The molecule has 1 fully saturated rings. The van der Waals surface area contributed by atoms with Gasteiger partial charge in [0, 0.05) is 37.4 Å². The van der Waals surface area contributed by atoms with Crippen molar-refractivity contribution in [2.75, 3.05) is 20.1 Å². The largest absolute Gasteiger partial charge is 0.365 e. The summed E-state index contributed by atoms with van der Waals surface area (Å²) in [6.07, 6.45) is 4.62. The molecule has 2 amide bonds. The molecule has 2 N–H and O–H groups in total. The van der Waals surface area contributed by atoms with Crippen molar-refractivity contribution >= 4 is 11.8 Å². The van der Waals surface area contributed by atoms with E-state index in [9.17, 15) is 18.8 Å². The van der Waals surface area contributed by atoms with Crippen molar-refractivity contribution < 1.29 is 14.0 Å². The van der Waals surface area contributed by atoms with E-state index in [1.165, 1.54) is 28.8 Å². The second kappa shape index (κ2) is 8.02. The number of halogens is 1. The zero-order chi connectivity index (χ0) is 21.4. The van der Waals surface area contributed by atoms with Crippen molar-refractivity contribution in [2.24, 2.45) is 5.73 Å². The first-order chi connectivity index (χ1) is 14.3. The summed E-state index contributed by atoms with van der Waals surface area (Å²) < 4.78 is 14.6. The highest BCUT2D eigenvalue weighted by atomic mass is 19.1. The van der Waals surface area contributed by atoms with Crippen molar-refractivity contribution in [1.29, 1.82) is 0 Å². The molecular weight excluding hydrogens is 387 g/mol. The number of nitrogens with two attached hydrogens (primary N) is 1. The lowest BCUT2D eigenvalue weighted by atomic mass is 9.95. The van der Waals surface area contributed by atoms with E-state index in [0.717, 1.165) is 19.4 Å². The van der Waals surface area contributed by atoms with Crippen molar-refractivity contribution in [2.45, 2.75) is 38.3 Å². The minimum absolute atomic E-state index is 0.0561. The van der Waals surface area contributed by atoms with Crippen LogP contribution in [0.3, 0.4) is 0 Å². The Kier molecular flexibility index (Phi) is 5.42. The summed E-state index contributed by atoms with van der Waals surface area (Å²) in [5.41, 5.74) is 6.70. The van der Waals surface area contributed by atoms with E-state index in [-0.39, 0.29) is 17.5 Å². The van der Waals surface area contributed by atoms with Gasteiger partial charge in [0.15, 0.2) is 0 Å². The van der Waals surface area contributed by atoms with E-state index in [0.29, 0.717) is 42.7 Å². The van der Waals surface area contributed by atoms with Gasteiger partial charge in [-0.05, 0) is 68.2 Å². The van der Waals surface area contributed by atoms with Gasteiger partial charge in [0.1, 0.15) is 11.4 Å². The molecule has 3 heterocycles. The van der Waals surface area contributed by atoms with E-state index < -0.39 is 17.3 Å². The summed E-state index contributed by atoms with van der Waals surface area (Å²) in [7, 11) is 2.04. The SMILES string of the molecule is CN1CCCC1CC(=O)N1CCc2c(cn(-c3ccc(F)cc3)c(=O)c2C(N)=O)C1. The van der Waals surface area contributed by atoms with Crippen molar-refractivity contribution in [3.05, 3.63) is 63.3 Å². The first kappa shape index (κ1) is 20.3. The highest BCUT2D eigenvalue weighted by molar-refractivity contribution is 5.94. The maximum atomic E-state index is 13.3. The molecule has 1 aromatic carbocycles. The van der Waals surface area contributed by atoms with Crippen LogP contribution in [0.2, 0.25) is 0 Å². The van der Waals surface area contributed by atoms with Gasteiger partial charge in [0.05, 0.1) is 0 Å². The summed E-state index contributed by atoms with van der Waals surface area (Å²) in [6, 6.07) is 5.69. The molecule has 2 aromatic rings. The number of likely N-dealkylation sites (tertiary alicyclic amines) is 1. The number of primary amides is 1. The van der Waals surface area contributed by atoms with E-state index in [2.05, 4.69) is 4.90 Å². The molecule has 1 aromatic heterocycles. The average Bonchev–Trinajstić information content (AvgIpc) is 3.12. The van der Waals surface area contributed by atoms with E-state index in [4.69, 9.17) is 5.73 Å². The molecule has 1 atom stereocenters. The second-order valence-electron chi connectivity index (χ2n) is 8.07. The van der Waals surface area contributed by atoms with Gasteiger partial charge in [0.2, 0.25) is 5.91 Å². The van der Waals surface area contributed by atoms with Gasteiger partial charge in [-0.15, -0.1) is 0 Å². The van der Waals surface area contributed by atoms with Gasteiger partial charge in [-0.1, -0.05) is 0 Å². The van der Waals surface area contributed by atoms with E-state index in [1.807, 2.05) is 7.05 Å². The molecule has 0 radical (unpaired) electrons. The number of carbonyl (C=O) groups excluding carboxylic acids is 2. The number of hydrogen-bond donors (Lipinski definition) is 1.